The van der Waals surface area contributed by atoms with Crippen molar-refractivity contribution in [2.45, 2.75) is 44.4 Å². The number of pyridine rings is 1. The van der Waals surface area contributed by atoms with Gasteiger partial charge in [0.05, 0.1) is 11.4 Å². The van der Waals surface area contributed by atoms with Gasteiger partial charge in [0.25, 0.3) is 0 Å². The molecule has 3 N–H and O–H groups in total. The van der Waals surface area contributed by atoms with Crippen molar-refractivity contribution in [1.82, 2.24) is 14.7 Å². The molecule has 2 aromatic rings. The van der Waals surface area contributed by atoms with Crippen LogP contribution in [0.15, 0.2) is 24.5 Å². The smallest absolute Gasteiger partial charge is 0.230 e. The van der Waals surface area contributed by atoms with Gasteiger partial charge in [0, 0.05) is 24.2 Å². The first kappa shape index (κ1) is 23.1. The number of thioether (sulfide) groups is 1. The third-order valence-corrected chi connectivity index (χ3v) is 5.66. The van der Waals surface area contributed by atoms with Crippen molar-refractivity contribution >= 4 is 48.1 Å². The number of rotatable bonds is 6. The fourth-order valence-corrected chi connectivity index (χ4v) is 4.12. The first-order valence-electron chi connectivity index (χ1n) is 8.67. The highest BCUT2D eigenvalue weighted by Crippen LogP contribution is 2.23. The molecule has 0 spiro atoms. The molecule has 146 valence electrons. The zero-order valence-electron chi connectivity index (χ0n) is 15.0. The number of carbonyl (C=O) groups is 1. The van der Waals surface area contributed by atoms with Gasteiger partial charge in [0.15, 0.2) is 0 Å². The number of amides is 1. The number of aryl methyl sites for hydroxylation is 1. The number of halogens is 2. The van der Waals surface area contributed by atoms with Crippen LogP contribution in [0.4, 0.5) is 0 Å². The summed E-state index contributed by atoms with van der Waals surface area (Å²) >= 11 is 1.61. The largest absolute Gasteiger partial charge is 0.352 e. The lowest BCUT2D eigenvalue weighted by Gasteiger charge is -2.31. The van der Waals surface area contributed by atoms with Gasteiger partial charge in [0.2, 0.25) is 5.91 Å². The molecule has 0 radical (unpaired) electrons. The summed E-state index contributed by atoms with van der Waals surface area (Å²) in [6.07, 6.45) is 8.73. The molecule has 1 saturated carbocycles. The van der Waals surface area contributed by atoms with E-state index in [1.165, 1.54) is 18.4 Å². The molecule has 1 aliphatic rings. The molecule has 0 aliphatic heterocycles. The van der Waals surface area contributed by atoms with E-state index in [0.29, 0.717) is 18.2 Å². The van der Waals surface area contributed by atoms with E-state index in [1.54, 1.807) is 11.8 Å². The Morgan fingerprint density at radius 3 is 2.85 bits per heavy atom. The second-order valence-electron chi connectivity index (χ2n) is 6.65. The average Bonchev–Trinajstić information content (AvgIpc) is 2.97. The molecular formula is C18H28Cl2N4OS. The normalized spacial score (nSPS) is 19.5. The van der Waals surface area contributed by atoms with Crippen molar-refractivity contribution in [3.05, 3.63) is 35.8 Å². The zero-order chi connectivity index (χ0) is 16.9. The molecule has 0 saturated heterocycles. The topological polar surface area (TPSA) is 72.4 Å². The van der Waals surface area contributed by atoms with Crippen LogP contribution in [-0.2, 0) is 10.5 Å². The number of hydrogen-bond acceptors (Lipinski definition) is 4. The predicted molar refractivity (Wildman–Crippen MR) is 114 cm³/mol. The SMILES string of the molecule is Cc1ccc2nc(CSCC(=O)NC3CCCCC3CN)cn2c1.Cl.Cl. The van der Waals surface area contributed by atoms with Crippen LogP contribution in [0, 0.1) is 12.8 Å². The summed E-state index contributed by atoms with van der Waals surface area (Å²) < 4.78 is 2.04. The maximum Gasteiger partial charge on any atom is 0.230 e. The van der Waals surface area contributed by atoms with Gasteiger partial charge in [-0.25, -0.2) is 4.98 Å². The molecule has 2 atom stereocenters. The number of carbonyl (C=O) groups excluding carboxylic acids is 1. The molecule has 2 aromatic heterocycles. The van der Waals surface area contributed by atoms with Gasteiger partial charge in [-0.2, -0.15) is 0 Å². The molecule has 0 aromatic carbocycles. The molecular weight excluding hydrogens is 391 g/mol. The monoisotopic (exact) mass is 418 g/mol. The Labute approximate surface area is 171 Å². The van der Waals surface area contributed by atoms with E-state index in [9.17, 15) is 4.79 Å². The van der Waals surface area contributed by atoms with E-state index >= 15 is 0 Å². The van der Waals surface area contributed by atoms with Crippen LogP contribution in [0.5, 0.6) is 0 Å². The van der Waals surface area contributed by atoms with E-state index in [1.807, 2.05) is 16.7 Å². The Bertz CT molecular complexity index is 710. The summed E-state index contributed by atoms with van der Waals surface area (Å²) in [5.74, 6) is 1.78. The van der Waals surface area contributed by atoms with E-state index in [4.69, 9.17) is 5.73 Å². The number of nitrogens with two attached hydrogens (primary N) is 1. The van der Waals surface area contributed by atoms with Crippen LogP contribution in [0.3, 0.4) is 0 Å². The predicted octanol–water partition coefficient (Wildman–Crippen LogP) is 3.35. The molecule has 8 heteroatoms. The van der Waals surface area contributed by atoms with Gasteiger partial charge in [-0.15, -0.1) is 36.6 Å². The van der Waals surface area contributed by atoms with Crippen molar-refractivity contribution in [2.24, 2.45) is 11.7 Å². The lowest BCUT2D eigenvalue weighted by molar-refractivity contribution is -0.119. The van der Waals surface area contributed by atoms with E-state index < -0.39 is 0 Å². The van der Waals surface area contributed by atoms with E-state index in [-0.39, 0.29) is 36.8 Å². The first-order valence-corrected chi connectivity index (χ1v) is 9.82. The molecule has 1 amide bonds. The second kappa shape index (κ2) is 11.0. The fourth-order valence-electron chi connectivity index (χ4n) is 3.40. The van der Waals surface area contributed by atoms with Crippen molar-refractivity contribution in [2.75, 3.05) is 12.3 Å². The Morgan fingerprint density at radius 1 is 1.31 bits per heavy atom. The van der Waals surface area contributed by atoms with Crippen molar-refractivity contribution in [3.8, 4) is 0 Å². The molecule has 1 aliphatic carbocycles. The molecule has 1 fully saturated rings. The molecule has 5 nitrogen and oxygen atoms in total. The summed E-state index contributed by atoms with van der Waals surface area (Å²) in [6.45, 7) is 2.73. The quantitative estimate of drug-likeness (QED) is 0.753. The molecule has 0 bridgehead atoms. The Morgan fingerprint density at radius 2 is 2.08 bits per heavy atom. The number of nitrogens with one attached hydrogen (secondary N) is 1. The maximum absolute atomic E-state index is 12.2. The van der Waals surface area contributed by atoms with Gasteiger partial charge in [-0.1, -0.05) is 18.9 Å². The zero-order valence-corrected chi connectivity index (χ0v) is 17.5. The summed E-state index contributed by atoms with van der Waals surface area (Å²) in [7, 11) is 0. The molecule has 3 rings (SSSR count). The standard InChI is InChI=1S/C18H26N4OS.2ClH/c1-13-6-7-17-20-15(10-22(17)9-13)11-24-12-18(23)21-16-5-3-2-4-14(16)8-19;;/h6-7,9-10,14,16H,2-5,8,11-12,19H2,1H3,(H,21,23);2*1H. The summed E-state index contributed by atoms with van der Waals surface area (Å²) in [6, 6.07) is 4.34. The molecule has 2 heterocycles. The van der Waals surface area contributed by atoms with Gasteiger partial charge in [-0.05, 0) is 43.9 Å². The summed E-state index contributed by atoms with van der Waals surface area (Å²) in [4.78, 5) is 16.8. The Hall–Kier alpha value is -0.950. The highest BCUT2D eigenvalue weighted by atomic mass is 35.5. The average molecular weight is 419 g/mol. The minimum Gasteiger partial charge on any atom is -0.352 e. The van der Waals surface area contributed by atoms with Crippen LogP contribution in [-0.4, -0.2) is 33.6 Å². The number of hydrogen-bond donors (Lipinski definition) is 2. The van der Waals surface area contributed by atoms with Gasteiger partial charge in [0.1, 0.15) is 5.65 Å². The third-order valence-electron chi connectivity index (χ3n) is 4.69. The van der Waals surface area contributed by atoms with Crippen LogP contribution in [0.1, 0.15) is 36.9 Å². The van der Waals surface area contributed by atoms with E-state index in [2.05, 4.69) is 29.5 Å². The molecule has 26 heavy (non-hydrogen) atoms. The van der Waals surface area contributed by atoms with Crippen LogP contribution in [0.2, 0.25) is 0 Å². The number of imidazole rings is 1. The highest BCUT2D eigenvalue weighted by Gasteiger charge is 2.25. The third kappa shape index (κ3) is 6.05. The number of fused-ring (bicyclic) bond motifs is 1. The number of nitrogens with zero attached hydrogens (tertiary/aromatic N) is 2. The lowest BCUT2D eigenvalue weighted by Crippen LogP contribution is -2.45. The van der Waals surface area contributed by atoms with Gasteiger partial charge < -0.3 is 15.5 Å². The highest BCUT2D eigenvalue weighted by molar-refractivity contribution is 7.99. The van der Waals surface area contributed by atoms with Crippen LogP contribution >= 0.6 is 36.6 Å². The van der Waals surface area contributed by atoms with Crippen molar-refractivity contribution in [3.63, 3.8) is 0 Å². The summed E-state index contributed by atoms with van der Waals surface area (Å²) in [5, 5.41) is 3.17. The van der Waals surface area contributed by atoms with Crippen molar-refractivity contribution < 1.29 is 4.79 Å². The van der Waals surface area contributed by atoms with Crippen molar-refractivity contribution in [1.29, 1.82) is 0 Å². The summed E-state index contributed by atoms with van der Waals surface area (Å²) in [5.41, 5.74) is 9.00. The maximum atomic E-state index is 12.2. The second-order valence-corrected chi connectivity index (χ2v) is 7.64. The minimum absolute atomic E-state index is 0. The van der Waals surface area contributed by atoms with E-state index in [0.717, 1.165) is 29.9 Å². The number of aromatic nitrogens is 2. The van der Waals surface area contributed by atoms with Gasteiger partial charge >= 0.3 is 0 Å². The lowest BCUT2D eigenvalue weighted by atomic mass is 9.84. The van der Waals surface area contributed by atoms with Gasteiger partial charge in [-0.3, -0.25) is 4.79 Å². The Kier molecular flexibility index (Phi) is 9.79. The fraction of sp³-hybridized carbons (Fsp3) is 0.556. The van der Waals surface area contributed by atoms with Crippen LogP contribution < -0.4 is 11.1 Å². The van der Waals surface area contributed by atoms with Crippen LogP contribution in [0.25, 0.3) is 5.65 Å². The minimum atomic E-state index is 0. The first-order chi connectivity index (χ1) is 11.7. The Balaban J connectivity index is 0.00000169. The molecule has 2 unspecified atom stereocenters.